The Hall–Kier alpha value is -0.200. The molecule has 0 aliphatic rings. The fourth-order valence-corrected chi connectivity index (χ4v) is 1.18. The Balaban J connectivity index is 0.000000561. The molecule has 0 amide bonds. The lowest BCUT2D eigenvalue weighted by Gasteiger charge is -2.00. The van der Waals surface area contributed by atoms with Crippen molar-refractivity contribution in [2.75, 3.05) is 0 Å². The minimum atomic E-state index is 0.629. The molecule has 0 fully saturated rings. The predicted octanol–water partition coefficient (Wildman–Crippen LogP) is 4.64. The molecule has 0 saturated carbocycles. The molecule has 2 heteroatoms. The van der Waals surface area contributed by atoms with Crippen LogP contribution in [0.25, 0.3) is 0 Å². The SMILES string of the molecule is CC.Cc1cc(Cl)c(Cl)cc1C. The normalized spacial score (nSPS) is 8.83. The van der Waals surface area contributed by atoms with Gasteiger partial charge in [0.15, 0.2) is 0 Å². The first-order valence-electron chi connectivity index (χ1n) is 4.03. The Labute approximate surface area is 84.5 Å². The van der Waals surface area contributed by atoms with Gasteiger partial charge in [0, 0.05) is 0 Å². The van der Waals surface area contributed by atoms with Crippen LogP contribution in [0.1, 0.15) is 25.0 Å². The number of aryl methyl sites for hydroxylation is 2. The molecule has 0 radical (unpaired) electrons. The maximum atomic E-state index is 5.75. The Morgan fingerprint density at radius 2 is 1.08 bits per heavy atom. The van der Waals surface area contributed by atoms with E-state index in [1.807, 2.05) is 39.8 Å². The highest BCUT2D eigenvalue weighted by Crippen LogP contribution is 2.24. The van der Waals surface area contributed by atoms with Crippen LogP contribution in [0.4, 0.5) is 0 Å². The van der Waals surface area contributed by atoms with Gasteiger partial charge < -0.3 is 0 Å². The van der Waals surface area contributed by atoms with Gasteiger partial charge in [0.25, 0.3) is 0 Å². The summed E-state index contributed by atoms with van der Waals surface area (Å²) in [5.74, 6) is 0. The summed E-state index contributed by atoms with van der Waals surface area (Å²) in [6, 6.07) is 3.75. The van der Waals surface area contributed by atoms with Crippen molar-refractivity contribution in [3.8, 4) is 0 Å². The van der Waals surface area contributed by atoms with Crippen molar-refractivity contribution in [3.05, 3.63) is 33.3 Å². The molecule has 12 heavy (non-hydrogen) atoms. The highest BCUT2D eigenvalue weighted by atomic mass is 35.5. The summed E-state index contributed by atoms with van der Waals surface area (Å²) in [6.07, 6.45) is 0. The van der Waals surface area contributed by atoms with Gasteiger partial charge in [-0.1, -0.05) is 37.0 Å². The standard InChI is InChI=1S/C8H8Cl2.C2H6/c1-5-3-7(9)8(10)4-6(5)2;1-2/h3-4H,1-2H3;1-2H3. The number of benzene rings is 1. The lowest BCUT2D eigenvalue weighted by atomic mass is 10.1. The summed E-state index contributed by atoms with van der Waals surface area (Å²) in [5.41, 5.74) is 2.35. The number of hydrogen-bond acceptors (Lipinski definition) is 0. The molecule has 0 bridgehead atoms. The van der Waals surface area contributed by atoms with E-state index in [1.54, 1.807) is 0 Å². The second kappa shape index (κ2) is 5.45. The maximum Gasteiger partial charge on any atom is 0.0595 e. The smallest absolute Gasteiger partial charge is 0.0595 e. The van der Waals surface area contributed by atoms with Crippen molar-refractivity contribution in [2.45, 2.75) is 27.7 Å². The lowest BCUT2D eigenvalue weighted by molar-refractivity contribution is 1.34. The third-order valence-electron chi connectivity index (χ3n) is 1.54. The molecular formula is C10H14Cl2. The van der Waals surface area contributed by atoms with Gasteiger partial charge in [0.1, 0.15) is 0 Å². The van der Waals surface area contributed by atoms with Gasteiger partial charge in [0.05, 0.1) is 10.0 Å². The summed E-state index contributed by atoms with van der Waals surface area (Å²) in [7, 11) is 0. The zero-order valence-electron chi connectivity index (χ0n) is 7.91. The van der Waals surface area contributed by atoms with Crippen LogP contribution in [-0.2, 0) is 0 Å². The van der Waals surface area contributed by atoms with Crippen LogP contribution in [0.2, 0.25) is 10.0 Å². The summed E-state index contributed by atoms with van der Waals surface area (Å²) in [4.78, 5) is 0. The Kier molecular flexibility index (Phi) is 5.36. The van der Waals surface area contributed by atoms with E-state index in [1.165, 1.54) is 11.1 Å². The topological polar surface area (TPSA) is 0 Å². The first-order valence-corrected chi connectivity index (χ1v) is 4.79. The molecule has 0 heterocycles. The summed E-state index contributed by atoms with van der Waals surface area (Å²) in [5, 5.41) is 1.26. The third-order valence-corrected chi connectivity index (χ3v) is 2.26. The van der Waals surface area contributed by atoms with E-state index in [-0.39, 0.29) is 0 Å². The van der Waals surface area contributed by atoms with Gasteiger partial charge in [-0.2, -0.15) is 0 Å². The summed E-state index contributed by atoms with van der Waals surface area (Å²) in [6.45, 7) is 8.02. The Morgan fingerprint density at radius 3 is 1.33 bits per heavy atom. The van der Waals surface area contributed by atoms with Crippen molar-refractivity contribution in [1.29, 1.82) is 0 Å². The van der Waals surface area contributed by atoms with E-state index < -0.39 is 0 Å². The van der Waals surface area contributed by atoms with Gasteiger partial charge in [-0.25, -0.2) is 0 Å². The van der Waals surface area contributed by atoms with Crippen molar-refractivity contribution in [2.24, 2.45) is 0 Å². The van der Waals surface area contributed by atoms with Crippen LogP contribution < -0.4 is 0 Å². The zero-order chi connectivity index (χ0) is 9.72. The van der Waals surface area contributed by atoms with Gasteiger partial charge in [-0.3, -0.25) is 0 Å². The quantitative estimate of drug-likeness (QED) is 0.578. The van der Waals surface area contributed by atoms with Crippen molar-refractivity contribution >= 4 is 23.2 Å². The second-order valence-corrected chi connectivity index (χ2v) is 3.16. The lowest BCUT2D eigenvalue weighted by Crippen LogP contribution is -1.79. The molecule has 0 aliphatic heterocycles. The van der Waals surface area contributed by atoms with E-state index >= 15 is 0 Å². The Bertz CT molecular complexity index is 204. The summed E-state index contributed by atoms with van der Waals surface area (Å²) < 4.78 is 0. The minimum Gasteiger partial charge on any atom is -0.0827 e. The van der Waals surface area contributed by atoms with E-state index in [4.69, 9.17) is 23.2 Å². The van der Waals surface area contributed by atoms with Crippen LogP contribution in [0.3, 0.4) is 0 Å². The van der Waals surface area contributed by atoms with Gasteiger partial charge >= 0.3 is 0 Å². The van der Waals surface area contributed by atoms with Crippen molar-refractivity contribution in [3.63, 3.8) is 0 Å². The van der Waals surface area contributed by atoms with E-state index in [0.717, 1.165) is 0 Å². The van der Waals surface area contributed by atoms with Crippen LogP contribution >= 0.6 is 23.2 Å². The van der Waals surface area contributed by atoms with Crippen molar-refractivity contribution < 1.29 is 0 Å². The molecular weight excluding hydrogens is 191 g/mol. The molecule has 0 spiro atoms. The third kappa shape index (κ3) is 3.04. The van der Waals surface area contributed by atoms with Crippen LogP contribution in [0.15, 0.2) is 12.1 Å². The van der Waals surface area contributed by atoms with E-state index in [9.17, 15) is 0 Å². The molecule has 0 saturated heterocycles. The van der Waals surface area contributed by atoms with Crippen LogP contribution in [-0.4, -0.2) is 0 Å². The highest BCUT2D eigenvalue weighted by Gasteiger charge is 1.98. The van der Waals surface area contributed by atoms with Gasteiger partial charge in [0.2, 0.25) is 0 Å². The average Bonchev–Trinajstić information content (AvgIpc) is 2.05. The molecule has 0 unspecified atom stereocenters. The molecule has 0 N–H and O–H groups in total. The van der Waals surface area contributed by atoms with Crippen molar-refractivity contribution in [1.82, 2.24) is 0 Å². The van der Waals surface area contributed by atoms with E-state index in [2.05, 4.69) is 0 Å². The monoisotopic (exact) mass is 204 g/mol. The molecule has 68 valence electrons. The molecule has 1 aromatic carbocycles. The molecule has 1 rings (SSSR count). The molecule has 0 aromatic heterocycles. The first-order chi connectivity index (χ1) is 5.61. The van der Waals surface area contributed by atoms with Gasteiger partial charge in [-0.15, -0.1) is 0 Å². The van der Waals surface area contributed by atoms with E-state index in [0.29, 0.717) is 10.0 Å². The molecule has 0 aliphatic carbocycles. The number of rotatable bonds is 0. The minimum absolute atomic E-state index is 0.629. The first kappa shape index (κ1) is 11.8. The fraction of sp³-hybridized carbons (Fsp3) is 0.400. The van der Waals surface area contributed by atoms with Crippen LogP contribution in [0, 0.1) is 13.8 Å². The second-order valence-electron chi connectivity index (χ2n) is 2.35. The molecule has 0 atom stereocenters. The number of halogens is 2. The maximum absolute atomic E-state index is 5.75. The average molecular weight is 205 g/mol. The highest BCUT2D eigenvalue weighted by molar-refractivity contribution is 6.42. The molecule has 1 aromatic rings. The van der Waals surface area contributed by atoms with Gasteiger partial charge in [-0.05, 0) is 37.1 Å². The zero-order valence-corrected chi connectivity index (χ0v) is 9.42. The van der Waals surface area contributed by atoms with Crippen LogP contribution in [0.5, 0.6) is 0 Å². The summed E-state index contributed by atoms with van der Waals surface area (Å²) >= 11 is 11.5. The number of hydrogen-bond donors (Lipinski definition) is 0. The fourth-order valence-electron chi connectivity index (χ4n) is 0.746. The molecule has 0 nitrogen and oxygen atoms in total. The largest absolute Gasteiger partial charge is 0.0827 e. The predicted molar refractivity (Wildman–Crippen MR) is 57.3 cm³/mol. The Morgan fingerprint density at radius 1 is 0.833 bits per heavy atom.